The van der Waals surface area contributed by atoms with Crippen molar-refractivity contribution < 1.29 is 14.6 Å². The molecule has 12 heteroatoms. The fourth-order valence-corrected chi connectivity index (χ4v) is 3.64. The Kier molecular flexibility index (Phi) is 6.64. The summed E-state index contributed by atoms with van der Waals surface area (Å²) in [6, 6.07) is 15.1. The van der Waals surface area contributed by atoms with Crippen molar-refractivity contribution in [2.45, 2.75) is 13.5 Å². The summed E-state index contributed by atoms with van der Waals surface area (Å²) >= 11 is 3.33. The molecule has 0 bridgehead atoms. The Labute approximate surface area is 205 Å². The van der Waals surface area contributed by atoms with Crippen LogP contribution in [0.25, 0.3) is 10.9 Å². The van der Waals surface area contributed by atoms with Crippen molar-refractivity contribution in [2.75, 3.05) is 0 Å². The summed E-state index contributed by atoms with van der Waals surface area (Å²) in [5.41, 5.74) is 0.795. The van der Waals surface area contributed by atoms with Gasteiger partial charge < -0.3 is 4.74 Å². The van der Waals surface area contributed by atoms with Gasteiger partial charge >= 0.3 is 5.69 Å². The minimum absolute atomic E-state index is 0.0147. The van der Waals surface area contributed by atoms with E-state index in [9.17, 15) is 25.0 Å². The topological polar surface area (TPSA) is 143 Å². The van der Waals surface area contributed by atoms with Crippen LogP contribution in [0.4, 0.5) is 11.4 Å². The summed E-state index contributed by atoms with van der Waals surface area (Å²) in [6.45, 7) is 1.62. The molecule has 0 aliphatic rings. The number of hydrogen-bond donors (Lipinski definition) is 0. The Morgan fingerprint density at radius 1 is 1.06 bits per heavy atom. The number of fused-ring (bicyclic) bond motifs is 1. The molecule has 0 saturated carbocycles. The molecule has 0 saturated heterocycles. The largest absolute Gasteiger partial charge is 0.482 e. The third kappa shape index (κ3) is 5.22. The van der Waals surface area contributed by atoms with Gasteiger partial charge in [-0.2, -0.15) is 9.78 Å². The van der Waals surface area contributed by atoms with Gasteiger partial charge in [0.2, 0.25) is 0 Å². The van der Waals surface area contributed by atoms with Crippen LogP contribution >= 0.6 is 15.9 Å². The van der Waals surface area contributed by atoms with Crippen molar-refractivity contribution in [2.24, 2.45) is 5.10 Å². The minimum atomic E-state index is -0.588. The molecule has 1 aromatic heterocycles. The van der Waals surface area contributed by atoms with Gasteiger partial charge in [0.25, 0.3) is 11.2 Å². The zero-order valence-electron chi connectivity index (χ0n) is 18.1. The lowest BCUT2D eigenvalue weighted by atomic mass is 10.2. The third-order valence-electron chi connectivity index (χ3n) is 5.01. The predicted molar refractivity (Wildman–Crippen MR) is 132 cm³/mol. The van der Waals surface area contributed by atoms with Crippen molar-refractivity contribution in [1.29, 1.82) is 0 Å². The number of aryl methyl sites for hydroxylation is 1. The lowest BCUT2D eigenvalue weighted by Gasteiger charge is -2.08. The molecule has 0 amide bonds. The second-order valence-electron chi connectivity index (χ2n) is 7.38. The molecule has 0 fully saturated rings. The number of nitro groups is 2. The number of aromatic nitrogens is 2. The molecule has 176 valence electrons. The summed E-state index contributed by atoms with van der Waals surface area (Å²) in [4.78, 5) is 38.5. The van der Waals surface area contributed by atoms with Gasteiger partial charge in [-0.05, 0) is 55.0 Å². The van der Waals surface area contributed by atoms with Gasteiger partial charge in [0.1, 0.15) is 12.4 Å². The fraction of sp³-hybridized carbons (Fsp3) is 0.0870. The molecule has 4 rings (SSSR count). The fourth-order valence-electron chi connectivity index (χ4n) is 3.27. The second kappa shape index (κ2) is 9.81. The smallest absolute Gasteiger partial charge is 0.311 e. The van der Waals surface area contributed by atoms with Gasteiger partial charge in [0.05, 0.1) is 27.0 Å². The molecular formula is C23H16BrN5O6. The van der Waals surface area contributed by atoms with Crippen molar-refractivity contribution >= 4 is 44.4 Å². The van der Waals surface area contributed by atoms with Crippen LogP contribution in [0.15, 0.2) is 75.0 Å². The summed E-state index contributed by atoms with van der Waals surface area (Å²) in [5.74, 6) is 0.384. The van der Waals surface area contributed by atoms with Gasteiger partial charge in [-0.15, -0.1) is 0 Å². The van der Waals surface area contributed by atoms with E-state index in [4.69, 9.17) is 4.74 Å². The van der Waals surface area contributed by atoms with Crippen molar-refractivity contribution in [3.05, 3.63) is 113 Å². The van der Waals surface area contributed by atoms with Crippen molar-refractivity contribution in [3.8, 4) is 5.75 Å². The molecule has 1 heterocycles. The zero-order valence-corrected chi connectivity index (χ0v) is 19.7. The molecule has 0 aliphatic heterocycles. The van der Waals surface area contributed by atoms with Gasteiger partial charge in [-0.25, -0.2) is 4.98 Å². The summed E-state index contributed by atoms with van der Waals surface area (Å²) < 4.78 is 7.42. The molecule has 0 atom stereocenters. The van der Waals surface area contributed by atoms with E-state index >= 15 is 0 Å². The van der Waals surface area contributed by atoms with Crippen molar-refractivity contribution in [1.82, 2.24) is 9.66 Å². The quantitative estimate of drug-likeness (QED) is 0.188. The summed E-state index contributed by atoms with van der Waals surface area (Å²) in [6.07, 6.45) is 1.33. The number of rotatable bonds is 7. The number of halogens is 1. The van der Waals surface area contributed by atoms with Crippen LogP contribution in [0.2, 0.25) is 0 Å². The second-order valence-corrected chi connectivity index (χ2v) is 8.29. The maximum atomic E-state index is 12.9. The first kappa shape index (κ1) is 23.7. The Hall–Kier alpha value is -4.45. The Balaban J connectivity index is 1.59. The lowest BCUT2D eigenvalue weighted by molar-refractivity contribution is -0.386. The number of nitrogens with zero attached hydrogens (tertiary/aromatic N) is 5. The summed E-state index contributed by atoms with van der Waals surface area (Å²) in [7, 11) is 0. The standard InChI is InChI=1S/C23H16BrN5O6/c1-14-26-20-8-5-17(24)11-19(20)23(30)27(14)25-12-16-4-9-22(21(10-16)29(33)34)35-13-15-2-6-18(7-3-15)28(31)32/h2-12H,13H2,1H3. The molecule has 0 aliphatic carbocycles. The molecular weight excluding hydrogens is 522 g/mol. The molecule has 35 heavy (non-hydrogen) atoms. The lowest BCUT2D eigenvalue weighted by Crippen LogP contribution is -2.20. The molecule has 0 radical (unpaired) electrons. The zero-order chi connectivity index (χ0) is 25.1. The van der Waals surface area contributed by atoms with Gasteiger partial charge in [-0.3, -0.25) is 25.0 Å². The molecule has 3 aromatic carbocycles. The Morgan fingerprint density at radius 3 is 2.49 bits per heavy atom. The van der Waals surface area contributed by atoms with Crippen molar-refractivity contribution in [3.63, 3.8) is 0 Å². The van der Waals surface area contributed by atoms with Crippen LogP contribution < -0.4 is 10.3 Å². The van der Waals surface area contributed by atoms with E-state index in [1.807, 2.05) is 0 Å². The van der Waals surface area contributed by atoms with E-state index in [1.165, 1.54) is 42.6 Å². The highest BCUT2D eigenvalue weighted by atomic mass is 79.9. The molecule has 0 N–H and O–H groups in total. The maximum absolute atomic E-state index is 12.9. The number of non-ortho nitro benzene ring substituents is 1. The average molecular weight is 538 g/mol. The first-order valence-corrected chi connectivity index (χ1v) is 10.9. The van der Waals surface area contributed by atoms with Gasteiger partial charge in [-0.1, -0.05) is 15.9 Å². The average Bonchev–Trinajstić information content (AvgIpc) is 2.83. The van der Waals surface area contributed by atoms with E-state index in [1.54, 1.807) is 31.2 Å². The van der Waals surface area contributed by atoms with Crippen LogP contribution in [0, 0.1) is 27.2 Å². The van der Waals surface area contributed by atoms with Crippen LogP contribution in [0.5, 0.6) is 5.75 Å². The summed E-state index contributed by atoms with van der Waals surface area (Å²) in [5, 5.41) is 26.9. The highest BCUT2D eigenvalue weighted by Gasteiger charge is 2.16. The van der Waals surface area contributed by atoms with Crippen LogP contribution in [-0.4, -0.2) is 25.7 Å². The highest BCUT2D eigenvalue weighted by Crippen LogP contribution is 2.28. The number of benzene rings is 3. The number of ether oxygens (including phenoxy) is 1. The number of nitro benzene ring substituents is 2. The van der Waals surface area contributed by atoms with Crippen LogP contribution in [0.3, 0.4) is 0 Å². The number of hydrogen-bond acceptors (Lipinski definition) is 8. The minimum Gasteiger partial charge on any atom is -0.482 e. The Bertz CT molecular complexity index is 1550. The third-order valence-corrected chi connectivity index (χ3v) is 5.51. The van der Waals surface area contributed by atoms with E-state index in [0.29, 0.717) is 27.9 Å². The highest BCUT2D eigenvalue weighted by molar-refractivity contribution is 9.10. The first-order chi connectivity index (χ1) is 16.7. The molecule has 11 nitrogen and oxygen atoms in total. The monoisotopic (exact) mass is 537 g/mol. The maximum Gasteiger partial charge on any atom is 0.311 e. The van der Waals surface area contributed by atoms with E-state index < -0.39 is 9.85 Å². The first-order valence-electron chi connectivity index (χ1n) is 10.1. The normalized spacial score (nSPS) is 11.1. The Morgan fingerprint density at radius 2 is 1.80 bits per heavy atom. The SMILES string of the molecule is Cc1nc2ccc(Br)cc2c(=O)n1N=Cc1ccc(OCc2ccc([N+](=O)[O-])cc2)c([N+](=O)[O-])c1. The van der Waals surface area contributed by atoms with Crippen LogP contribution in [-0.2, 0) is 6.61 Å². The predicted octanol–water partition coefficient (Wildman–Crippen LogP) is 4.75. The van der Waals surface area contributed by atoms with Gasteiger partial charge in [0.15, 0.2) is 5.75 Å². The molecule has 4 aromatic rings. The van der Waals surface area contributed by atoms with E-state index in [-0.39, 0.29) is 29.3 Å². The van der Waals surface area contributed by atoms with Gasteiger partial charge in [0, 0.05) is 28.2 Å². The van der Waals surface area contributed by atoms with E-state index in [0.717, 1.165) is 9.15 Å². The van der Waals surface area contributed by atoms with Crippen LogP contribution in [0.1, 0.15) is 17.0 Å². The van der Waals surface area contributed by atoms with E-state index in [2.05, 4.69) is 26.0 Å². The molecule has 0 unspecified atom stereocenters. The molecule has 0 spiro atoms.